The number of hydrogen-bond acceptors (Lipinski definition) is 3. The second kappa shape index (κ2) is 5.34. The van der Waals surface area contributed by atoms with E-state index in [1.54, 1.807) is 6.26 Å². The number of nitrogens with zero attached hydrogens (tertiary/aromatic N) is 1. The number of nitrogens with two attached hydrogens (primary N) is 1. The van der Waals surface area contributed by atoms with E-state index in [4.69, 9.17) is 10.2 Å². The van der Waals surface area contributed by atoms with Crippen LogP contribution < -0.4 is 5.73 Å². The summed E-state index contributed by atoms with van der Waals surface area (Å²) in [4.78, 5) is 2.34. The lowest BCUT2D eigenvalue weighted by atomic mass is 9.91. The fraction of sp³-hybridized carbons (Fsp3) is 0.667. The van der Waals surface area contributed by atoms with Crippen LogP contribution in [0.15, 0.2) is 21.2 Å². The highest BCUT2D eigenvalue weighted by molar-refractivity contribution is 9.10. The maximum atomic E-state index is 6.30. The summed E-state index contributed by atoms with van der Waals surface area (Å²) >= 11 is 3.46. The van der Waals surface area contributed by atoms with E-state index in [-0.39, 0.29) is 11.6 Å². The molecule has 1 aromatic rings. The minimum absolute atomic E-state index is 0.121. The van der Waals surface area contributed by atoms with Crippen LogP contribution in [0.4, 0.5) is 0 Å². The molecule has 0 aromatic carbocycles. The molecule has 3 nitrogen and oxygen atoms in total. The largest absolute Gasteiger partial charge is 0.466 e. The molecule has 0 aliphatic rings. The van der Waals surface area contributed by atoms with Crippen molar-refractivity contribution in [2.24, 2.45) is 5.73 Å². The molecule has 0 saturated heterocycles. The molecule has 1 aromatic heterocycles. The van der Waals surface area contributed by atoms with Crippen LogP contribution in [-0.2, 0) is 0 Å². The Kier molecular flexibility index (Phi) is 4.59. The Morgan fingerprint density at radius 1 is 1.44 bits per heavy atom. The average molecular weight is 289 g/mol. The third-order valence-corrected chi connectivity index (χ3v) is 3.92. The topological polar surface area (TPSA) is 42.4 Å². The maximum absolute atomic E-state index is 6.30. The maximum Gasteiger partial charge on any atom is 0.136 e. The quantitative estimate of drug-likeness (QED) is 0.905. The molecule has 1 unspecified atom stereocenters. The minimum atomic E-state index is -0.142. The zero-order valence-electron chi connectivity index (χ0n) is 10.5. The zero-order valence-corrected chi connectivity index (χ0v) is 12.0. The fourth-order valence-corrected chi connectivity index (χ4v) is 2.53. The van der Waals surface area contributed by atoms with Crippen LogP contribution in [0.2, 0.25) is 0 Å². The summed E-state index contributed by atoms with van der Waals surface area (Å²) in [6, 6.07) is 1.74. The Hall–Kier alpha value is -0.320. The molecule has 0 saturated carbocycles. The van der Waals surface area contributed by atoms with E-state index >= 15 is 0 Å². The van der Waals surface area contributed by atoms with Gasteiger partial charge in [0, 0.05) is 5.54 Å². The Morgan fingerprint density at radius 2 is 2.00 bits per heavy atom. The molecule has 0 radical (unpaired) electrons. The summed E-state index contributed by atoms with van der Waals surface area (Å²) in [6.45, 7) is 10.6. The van der Waals surface area contributed by atoms with E-state index in [0.29, 0.717) is 0 Å². The molecule has 0 amide bonds. The molecule has 92 valence electrons. The van der Waals surface area contributed by atoms with E-state index < -0.39 is 0 Å². The number of hydrogen-bond donors (Lipinski definition) is 1. The van der Waals surface area contributed by atoms with Crippen LogP contribution in [0.1, 0.15) is 39.5 Å². The van der Waals surface area contributed by atoms with Gasteiger partial charge in [0.15, 0.2) is 0 Å². The van der Waals surface area contributed by atoms with Crippen molar-refractivity contribution >= 4 is 15.9 Å². The van der Waals surface area contributed by atoms with Gasteiger partial charge in [0.25, 0.3) is 0 Å². The second-order valence-corrected chi connectivity index (χ2v) is 5.29. The first kappa shape index (κ1) is 13.7. The highest BCUT2D eigenvalue weighted by atomic mass is 79.9. The Morgan fingerprint density at radius 3 is 2.38 bits per heavy atom. The van der Waals surface area contributed by atoms with Gasteiger partial charge < -0.3 is 10.2 Å². The normalized spacial score (nSPS) is 14.4. The summed E-state index contributed by atoms with van der Waals surface area (Å²) in [5, 5.41) is 0. The lowest BCUT2D eigenvalue weighted by Gasteiger charge is -2.41. The fourth-order valence-electron chi connectivity index (χ4n) is 2.08. The van der Waals surface area contributed by atoms with Gasteiger partial charge in [-0.25, -0.2) is 0 Å². The van der Waals surface area contributed by atoms with Crippen molar-refractivity contribution in [3.8, 4) is 0 Å². The lowest BCUT2D eigenvalue weighted by Crippen LogP contribution is -2.51. The molecule has 4 heteroatoms. The Balaban J connectivity index is 2.95. The Labute approximate surface area is 106 Å². The molecule has 0 spiro atoms. The van der Waals surface area contributed by atoms with E-state index in [2.05, 4.69) is 48.5 Å². The van der Waals surface area contributed by atoms with Gasteiger partial charge in [-0.3, -0.25) is 4.90 Å². The molecular formula is C12H21BrN2O. The molecule has 0 aliphatic heterocycles. The minimum Gasteiger partial charge on any atom is -0.466 e. The summed E-state index contributed by atoms with van der Waals surface area (Å²) < 4.78 is 6.40. The molecule has 0 bridgehead atoms. The van der Waals surface area contributed by atoms with E-state index in [9.17, 15) is 0 Å². The third-order valence-electron chi connectivity index (χ3n) is 3.27. The number of likely N-dealkylation sites (N-methyl/N-ethyl adjacent to an activating group) is 1. The van der Waals surface area contributed by atoms with E-state index in [1.807, 2.05) is 6.07 Å². The number of furan rings is 1. The summed E-state index contributed by atoms with van der Waals surface area (Å²) in [6.07, 6.45) is 1.66. The van der Waals surface area contributed by atoms with Crippen molar-refractivity contribution in [3.05, 3.63) is 22.6 Å². The van der Waals surface area contributed by atoms with Crippen LogP contribution >= 0.6 is 15.9 Å². The van der Waals surface area contributed by atoms with Crippen molar-refractivity contribution in [2.75, 3.05) is 13.1 Å². The molecule has 0 fully saturated rings. The highest BCUT2D eigenvalue weighted by Crippen LogP contribution is 2.33. The summed E-state index contributed by atoms with van der Waals surface area (Å²) in [7, 11) is 0. The second-order valence-electron chi connectivity index (χ2n) is 4.44. The van der Waals surface area contributed by atoms with Crippen LogP contribution in [0, 0.1) is 0 Å². The monoisotopic (exact) mass is 288 g/mol. The molecule has 2 N–H and O–H groups in total. The summed E-state index contributed by atoms with van der Waals surface area (Å²) in [5.74, 6) is 0.817. The van der Waals surface area contributed by atoms with Gasteiger partial charge in [-0.2, -0.15) is 0 Å². The SMILES string of the molecule is CCN(CC)C(C)(C)C(N)c1occc1Br. The Bertz CT molecular complexity index is 332. The van der Waals surface area contributed by atoms with Crippen LogP contribution in [-0.4, -0.2) is 23.5 Å². The average Bonchev–Trinajstić information content (AvgIpc) is 2.64. The first-order chi connectivity index (χ1) is 7.45. The van der Waals surface area contributed by atoms with Gasteiger partial charge in [-0.1, -0.05) is 13.8 Å². The third kappa shape index (κ3) is 2.50. The standard InChI is InChI=1S/C12H21BrN2O/c1-5-15(6-2)12(3,4)11(14)10-9(13)7-8-16-10/h7-8,11H,5-6,14H2,1-4H3. The van der Waals surface area contributed by atoms with Gasteiger partial charge in [0.2, 0.25) is 0 Å². The number of rotatable bonds is 5. The predicted molar refractivity (Wildman–Crippen MR) is 70.3 cm³/mol. The molecule has 1 rings (SSSR count). The molecule has 1 heterocycles. The lowest BCUT2D eigenvalue weighted by molar-refractivity contribution is 0.0979. The van der Waals surface area contributed by atoms with E-state index in [1.165, 1.54) is 0 Å². The van der Waals surface area contributed by atoms with Crippen molar-refractivity contribution in [3.63, 3.8) is 0 Å². The smallest absolute Gasteiger partial charge is 0.136 e. The van der Waals surface area contributed by atoms with Gasteiger partial charge in [-0.15, -0.1) is 0 Å². The molecule has 0 aliphatic carbocycles. The summed E-state index contributed by atoms with van der Waals surface area (Å²) in [5.41, 5.74) is 6.18. The van der Waals surface area contributed by atoms with Crippen LogP contribution in [0.3, 0.4) is 0 Å². The first-order valence-electron chi connectivity index (χ1n) is 5.68. The van der Waals surface area contributed by atoms with E-state index in [0.717, 1.165) is 23.3 Å². The number of halogens is 1. The first-order valence-corrected chi connectivity index (χ1v) is 6.47. The van der Waals surface area contributed by atoms with Gasteiger partial charge in [-0.05, 0) is 48.9 Å². The van der Waals surface area contributed by atoms with Crippen LogP contribution in [0.25, 0.3) is 0 Å². The van der Waals surface area contributed by atoms with Gasteiger partial charge in [0.1, 0.15) is 5.76 Å². The van der Waals surface area contributed by atoms with Crippen molar-refractivity contribution in [1.82, 2.24) is 4.90 Å². The molecular weight excluding hydrogens is 268 g/mol. The van der Waals surface area contributed by atoms with Gasteiger partial charge in [0.05, 0.1) is 16.8 Å². The van der Waals surface area contributed by atoms with Gasteiger partial charge >= 0.3 is 0 Å². The molecule has 1 atom stereocenters. The van der Waals surface area contributed by atoms with Crippen LogP contribution in [0.5, 0.6) is 0 Å². The zero-order chi connectivity index (χ0) is 12.3. The highest BCUT2D eigenvalue weighted by Gasteiger charge is 2.35. The molecule has 16 heavy (non-hydrogen) atoms. The predicted octanol–water partition coefficient (Wildman–Crippen LogP) is 3.16. The van der Waals surface area contributed by atoms with Crippen molar-refractivity contribution in [2.45, 2.75) is 39.3 Å². The van der Waals surface area contributed by atoms with Crippen molar-refractivity contribution in [1.29, 1.82) is 0 Å². The van der Waals surface area contributed by atoms with Crippen molar-refractivity contribution < 1.29 is 4.42 Å².